The van der Waals surface area contributed by atoms with E-state index >= 15 is 0 Å². The molecule has 2 amide bonds. The number of nitrogens with two attached hydrogens (primary N) is 1. The van der Waals surface area contributed by atoms with E-state index in [1.807, 2.05) is 11.6 Å². The Morgan fingerprint density at radius 2 is 2.19 bits per heavy atom. The van der Waals surface area contributed by atoms with Crippen molar-refractivity contribution in [2.75, 3.05) is 5.32 Å². The molecule has 0 aliphatic heterocycles. The third-order valence-corrected chi connectivity index (χ3v) is 2.21. The van der Waals surface area contributed by atoms with E-state index in [2.05, 4.69) is 10.3 Å². The first-order valence-electron chi connectivity index (χ1n) is 4.60. The molecule has 16 heavy (non-hydrogen) atoms. The van der Waals surface area contributed by atoms with Gasteiger partial charge in [0.15, 0.2) is 0 Å². The third kappa shape index (κ3) is 1.72. The summed E-state index contributed by atoms with van der Waals surface area (Å²) in [4.78, 5) is 25.7. The van der Waals surface area contributed by atoms with Crippen LogP contribution in [0.15, 0.2) is 24.5 Å². The van der Waals surface area contributed by atoms with E-state index in [9.17, 15) is 9.59 Å². The Bertz CT molecular complexity index is 573. The molecule has 1 aromatic heterocycles. The van der Waals surface area contributed by atoms with Gasteiger partial charge < -0.3 is 15.6 Å². The first-order chi connectivity index (χ1) is 7.58. The quantitative estimate of drug-likeness (QED) is 0.660. The van der Waals surface area contributed by atoms with Gasteiger partial charge in [-0.3, -0.25) is 9.59 Å². The standard InChI is InChI=1S/C10H10N4O2/c1-14-5-12-7-4-6(2-3-8(7)14)13-10(16)9(11)15/h2-5H,1H3,(H2,11,15)(H,13,16). The van der Waals surface area contributed by atoms with Crippen molar-refractivity contribution < 1.29 is 9.59 Å². The number of primary amides is 1. The maximum atomic E-state index is 11.0. The predicted molar refractivity (Wildman–Crippen MR) is 58.5 cm³/mol. The number of amides is 2. The number of nitrogens with zero attached hydrogens (tertiary/aromatic N) is 2. The Morgan fingerprint density at radius 3 is 2.88 bits per heavy atom. The first-order valence-corrected chi connectivity index (χ1v) is 4.60. The number of fused-ring (bicyclic) bond motifs is 1. The molecule has 3 N–H and O–H groups in total. The highest BCUT2D eigenvalue weighted by atomic mass is 16.2. The van der Waals surface area contributed by atoms with E-state index in [0.29, 0.717) is 5.69 Å². The van der Waals surface area contributed by atoms with Crippen LogP contribution in [0, 0.1) is 0 Å². The van der Waals surface area contributed by atoms with Crippen molar-refractivity contribution in [3.8, 4) is 0 Å². The van der Waals surface area contributed by atoms with Crippen molar-refractivity contribution in [2.45, 2.75) is 0 Å². The van der Waals surface area contributed by atoms with Gasteiger partial charge in [-0.05, 0) is 18.2 Å². The topological polar surface area (TPSA) is 90.0 Å². The molecule has 0 bridgehead atoms. The second-order valence-corrected chi connectivity index (χ2v) is 3.38. The smallest absolute Gasteiger partial charge is 0.313 e. The summed E-state index contributed by atoms with van der Waals surface area (Å²) in [6.45, 7) is 0. The summed E-state index contributed by atoms with van der Waals surface area (Å²) < 4.78 is 1.86. The summed E-state index contributed by atoms with van der Waals surface area (Å²) in [5.41, 5.74) is 7.01. The Labute approximate surface area is 91.1 Å². The molecule has 0 spiro atoms. The van der Waals surface area contributed by atoms with E-state index in [4.69, 9.17) is 5.73 Å². The van der Waals surface area contributed by atoms with Crippen molar-refractivity contribution in [3.63, 3.8) is 0 Å². The molecule has 0 unspecified atom stereocenters. The van der Waals surface area contributed by atoms with Crippen LogP contribution in [0.5, 0.6) is 0 Å². The lowest BCUT2D eigenvalue weighted by Gasteiger charge is -2.02. The summed E-state index contributed by atoms with van der Waals surface area (Å²) in [6.07, 6.45) is 1.67. The number of hydrogen-bond donors (Lipinski definition) is 2. The average Bonchev–Trinajstić information content (AvgIpc) is 2.60. The molecular formula is C10H10N4O2. The minimum Gasteiger partial charge on any atom is -0.361 e. The lowest BCUT2D eigenvalue weighted by atomic mass is 10.2. The lowest BCUT2D eigenvalue weighted by molar-refractivity contribution is -0.134. The Balaban J connectivity index is 2.33. The Morgan fingerprint density at radius 1 is 1.44 bits per heavy atom. The van der Waals surface area contributed by atoms with Crippen LogP contribution < -0.4 is 11.1 Å². The molecule has 2 rings (SSSR count). The maximum Gasteiger partial charge on any atom is 0.313 e. The zero-order valence-corrected chi connectivity index (χ0v) is 8.60. The van der Waals surface area contributed by atoms with E-state index in [-0.39, 0.29) is 0 Å². The van der Waals surface area contributed by atoms with Gasteiger partial charge in [-0.2, -0.15) is 0 Å². The zero-order valence-electron chi connectivity index (χ0n) is 8.60. The molecule has 0 fully saturated rings. The van der Waals surface area contributed by atoms with Crippen LogP contribution in [-0.2, 0) is 16.6 Å². The Hall–Kier alpha value is -2.37. The summed E-state index contributed by atoms with van der Waals surface area (Å²) in [5, 5.41) is 2.38. The van der Waals surface area contributed by atoms with Crippen LogP contribution in [0.3, 0.4) is 0 Å². The molecule has 0 atom stereocenters. The first kappa shape index (κ1) is 10.2. The van der Waals surface area contributed by atoms with Crippen LogP contribution in [0.4, 0.5) is 5.69 Å². The number of carbonyl (C=O) groups is 2. The van der Waals surface area contributed by atoms with Crippen LogP contribution in [0.2, 0.25) is 0 Å². The molecule has 82 valence electrons. The SMILES string of the molecule is Cn1cnc2cc(NC(=O)C(N)=O)ccc21. The number of hydrogen-bond acceptors (Lipinski definition) is 3. The summed E-state index contributed by atoms with van der Waals surface area (Å²) >= 11 is 0. The molecule has 6 heteroatoms. The van der Waals surface area contributed by atoms with Gasteiger partial charge in [0.2, 0.25) is 0 Å². The van der Waals surface area contributed by atoms with Crippen molar-refractivity contribution in [1.82, 2.24) is 9.55 Å². The van der Waals surface area contributed by atoms with Crippen LogP contribution in [0.1, 0.15) is 0 Å². The molecule has 0 saturated heterocycles. The lowest BCUT2D eigenvalue weighted by Crippen LogP contribution is -2.29. The van der Waals surface area contributed by atoms with E-state index in [1.54, 1.807) is 24.5 Å². The van der Waals surface area contributed by atoms with Gasteiger partial charge in [-0.1, -0.05) is 0 Å². The molecule has 1 aromatic carbocycles. The number of carbonyl (C=O) groups excluding carboxylic acids is 2. The van der Waals surface area contributed by atoms with Gasteiger partial charge in [-0.15, -0.1) is 0 Å². The third-order valence-electron chi connectivity index (χ3n) is 2.21. The summed E-state index contributed by atoms with van der Waals surface area (Å²) in [6, 6.07) is 5.17. The van der Waals surface area contributed by atoms with Gasteiger partial charge >= 0.3 is 11.8 Å². The second-order valence-electron chi connectivity index (χ2n) is 3.38. The van der Waals surface area contributed by atoms with Crippen LogP contribution >= 0.6 is 0 Å². The van der Waals surface area contributed by atoms with E-state index in [0.717, 1.165) is 11.0 Å². The van der Waals surface area contributed by atoms with Crippen molar-refractivity contribution in [3.05, 3.63) is 24.5 Å². The maximum absolute atomic E-state index is 11.0. The number of aromatic nitrogens is 2. The fourth-order valence-corrected chi connectivity index (χ4v) is 1.41. The molecule has 0 aliphatic carbocycles. The molecule has 2 aromatic rings. The highest BCUT2D eigenvalue weighted by Gasteiger charge is 2.09. The van der Waals surface area contributed by atoms with Gasteiger partial charge in [0.1, 0.15) is 0 Å². The number of rotatable bonds is 1. The van der Waals surface area contributed by atoms with Crippen molar-refractivity contribution >= 4 is 28.5 Å². The summed E-state index contributed by atoms with van der Waals surface area (Å²) in [7, 11) is 1.87. The fourth-order valence-electron chi connectivity index (χ4n) is 1.41. The van der Waals surface area contributed by atoms with Gasteiger partial charge in [-0.25, -0.2) is 4.98 Å². The number of aryl methyl sites for hydroxylation is 1. The minimum absolute atomic E-state index is 0.495. The largest absolute Gasteiger partial charge is 0.361 e. The molecule has 1 heterocycles. The number of anilines is 1. The van der Waals surface area contributed by atoms with Gasteiger partial charge in [0.05, 0.1) is 17.4 Å². The molecule has 0 saturated carbocycles. The highest BCUT2D eigenvalue weighted by molar-refractivity contribution is 6.39. The number of nitrogens with one attached hydrogen (secondary N) is 1. The Kier molecular flexibility index (Phi) is 2.32. The summed E-state index contributed by atoms with van der Waals surface area (Å²) in [5.74, 6) is -1.85. The fraction of sp³-hybridized carbons (Fsp3) is 0.100. The minimum atomic E-state index is -1.01. The molecular weight excluding hydrogens is 208 g/mol. The zero-order chi connectivity index (χ0) is 11.7. The van der Waals surface area contributed by atoms with Crippen molar-refractivity contribution in [1.29, 1.82) is 0 Å². The number of imidazole rings is 1. The predicted octanol–water partition coefficient (Wildman–Crippen LogP) is -0.00290. The molecule has 6 nitrogen and oxygen atoms in total. The molecule has 0 aliphatic rings. The van der Waals surface area contributed by atoms with Crippen LogP contribution in [0.25, 0.3) is 11.0 Å². The van der Waals surface area contributed by atoms with E-state index in [1.165, 1.54) is 0 Å². The monoisotopic (exact) mass is 218 g/mol. The highest BCUT2D eigenvalue weighted by Crippen LogP contribution is 2.17. The average molecular weight is 218 g/mol. The van der Waals surface area contributed by atoms with Gasteiger partial charge in [0.25, 0.3) is 0 Å². The second kappa shape index (κ2) is 3.65. The normalized spacial score (nSPS) is 10.3. The van der Waals surface area contributed by atoms with Crippen molar-refractivity contribution in [2.24, 2.45) is 12.8 Å². The van der Waals surface area contributed by atoms with Crippen LogP contribution in [-0.4, -0.2) is 21.4 Å². The van der Waals surface area contributed by atoms with Gasteiger partial charge in [0, 0.05) is 12.7 Å². The van der Waals surface area contributed by atoms with E-state index < -0.39 is 11.8 Å². The number of benzene rings is 1. The molecule has 0 radical (unpaired) electrons.